The molecule has 1 amide bonds. The number of esters is 1. The van der Waals surface area contributed by atoms with Crippen LogP contribution in [-0.2, 0) is 28.7 Å². The maximum absolute atomic E-state index is 12.8. The Bertz CT molecular complexity index is 864. The third-order valence-electron chi connectivity index (χ3n) is 4.50. The van der Waals surface area contributed by atoms with Gasteiger partial charge >= 0.3 is 12.1 Å². The number of halogens is 3. The molecule has 0 spiro atoms. The molecule has 1 atom stereocenters. The summed E-state index contributed by atoms with van der Waals surface area (Å²) in [7, 11) is 0. The first-order valence-corrected chi connectivity index (χ1v) is 8.49. The van der Waals surface area contributed by atoms with E-state index in [2.05, 4.69) is 0 Å². The van der Waals surface area contributed by atoms with Gasteiger partial charge in [0, 0.05) is 13.1 Å². The summed E-state index contributed by atoms with van der Waals surface area (Å²) in [4.78, 5) is 26.3. The first kappa shape index (κ1) is 18.9. The van der Waals surface area contributed by atoms with Crippen LogP contribution in [0.25, 0.3) is 0 Å². The zero-order valence-corrected chi connectivity index (χ0v) is 14.6. The first-order chi connectivity index (χ1) is 12.8. The minimum Gasteiger partial charge on any atom is -0.449 e. The predicted molar refractivity (Wildman–Crippen MR) is 91.9 cm³/mol. The van der Waals surface area contributed by atoms with E-state index >= 15 is 0 Å². The number of hydrogen-bond acceptors (Lipinski definition) is 3. The van der Waals surface area contributed by atoms with Gasteiger partial charge in [-0.3, -0.25) is 4.79 Å². The van der Waals surface area contributed by atoms with Gasteiger partial charge in [-0.15, -0.1) is 0 Å². The fourth-order valence-corrected chi connectivity index (χ4v) is 3.04. The topological polar surface area (TPSA) is 46.6 Å². The number of nitrogens with zero attached hydrogens (tertiary/aromatic N) is 1. The quantitative estimate of drug-likeness (QED) is 0.764. The molecule has 1 heterocycles. The molecule has 27 heavy (non-hydrogen) atoms. The number of benzene rings is 2. The Hall–Kier alpha value is -2.83. The van der Waals surface area contributed by atoms with E-state index < -0.39 is 23.8 Å². The molecule has 2 aromatic carbocycles. The molecule has 3 rings (SSSR count). The van der Waals surface area contributed by atoms with Gasteiger partial charge in [-0.2, -0.15) is 13.2 Å². The molecule has 0 aliphatic carbocycles. The predicted octanol–water partition coefficient (Wildman–Crippen LogP) is 3.84. The first-order valence-electron chi connectivity index (χ1n) is 8.49. The molecule has 0 N–H and O–H groups in total. The van der Waals surface area contributed by atoms with Gasteiger partial charge in [-0.05, 0) is 42.7 Å². The zero-order chi connectivity index (χ0) is 19.6. The van der Waals surface area contributed by atoms with Gasteiger partial charge in [0.05, 0.1) is 11.1 Å². The molecule has 142 valence electrons. The highest BCUT2D eigenvalue weighted by atomic mass is 19.4. The number of hydrogen-bond donors (Lipinski definition) is 0. The van der Waals surface area contributed by atoms with Crippen LogP contribution in [0.1, 0.15) is 34.0 Å². The summed E-state index contributed by atoms with van der Waals surface area (Å²) in [6.07, 6.45) is -4.94. The number of amides is 1. The van der Waals surface area contributed by atoms with Crippen molar-refractivity contribution >= 4 is 11.9 Å². The van der Waals surface area contributed by atoms with Gasteiger partial charge in [-0.1, -0.05) is 30.3 Å². The van der Waals surface area contributed by atoms with Gasteiger partial charge in [0.25, 0.3) is 5.91 Å². The van der Waals surface area contributed by atoms with E-state index in [0.717, 1.165) is 23.8 Å². The van der Waals surface area contributed by atoms with E-state index in [1.807, 2.05) is 24.3 Å². The Morgan fingerprint density at radius 2 is 1.78 bits per heavy atom. The highest BCUT2D eigenvalue weighted by Crippen LogP contribution is 2.29. The lowest BCUT2D eigenvalue weighted by molar-refractivity contribution is -0.141. The van der Waals surface area contributed by atoms with Crippen molar-refractivity contribution in [2.75, 3.05) is 6.54 Å². The number of carbonyl (C=O) groups excluding carboxylic acids is 2. The average Bonchev–Trinajstić information content (AvgIpc) is 2.66. The van der Waals surface area contributed by atoms with Gasteiger partial charge in [0.1, 0.15) is 0 Å². The summed E-state index contributed by atoms with van der Waals surface area (Å²) in [5.41, 5.74) is 1.03. The smallest absolute Gasteiger partial charge is 0.416 e. The third kappa shape index (κ3) is 4.30. The maximum atomic E-state index is 12.8. The summed E-state index contributed by atoms with van der Waals surface area (Å²) in [5, 5.41) is 0. The van der Waals surface area contributed by atoms with E-state index in [4.69, 9.17) is 4.74 Å². The molecule has 1 aliphatic heterocycles. The van der Waals surface area contributed by atoms with E-state index in [0.29, 0.717) is 19.5 Å². The van der Waals surface area contributed by atoms with Crippen LogP contribution >= 0.6 is 0 Å². The molecule has 2 aromatic rings. The van der Waals surface area contributed by atoms with Crippen molar-refractivity contribution in [3.63, 3.8) is 0 Å². The van der Waals surface area contributed by atoms with Crippen molar-refractivity contribution in [1.29, 1.82) is 0 Å². The highest BCUT2D eigenvalue weighted by Gasteiger charge is 2.32. The Kier molecular flexibility index (Phi) is 5.21. The third-order valence-corrected chi connectivity index (χ3v) is 4.50. The molecule has 0 fully saturated rings. The zero-order valence-electron chi connectivity index (χ0n) is 14.6. The largest absolute Gasteiger partial charge is 0.449 e. The van der Waals surface area contributed by atoms with Gasteiger partial charge < -0.3 is 9.64 Å². The van der Waals surface area contributed by atoms with Crippen LogP contribution in [0.3, 0.4) is 0 Å². The Morgan fingerprint density at radius 1 is 1.07 bits per heavy atom. The Morgan fingerprint density at radius 3 is 2.48 bits per heavy atom. The van der Waals surface area contributed by atoms with E-state index in [9.17, 15) is 22.8 Å². The van der Waals surface area contributed by atoms with Crippen molar-refractivity contribution in [2.45, 2.75) is 32.2 Å². The lowest BCUT2D eigenvalue weighted by atomic mass is 9.99. The van der Waals surface area contributed by atoms with Gasteiger partial charge in [0.2, 0.25) is 0 Å². The van der Waals surface area contributed by atoms with Crippen molar-refractivity contribution in [2.24, 2.45) is 0 Å². The second-order valence-corrected chi connectivity index (χ2v) is 6.40. The van der Waals surface area contributed by atoms with Gasteiger partial charge in [-0.25, -0.2) is 4.79 Å². The standard InChI is InChI=1S/C20H18F3NO3/c1-13(18(25)24-10-9-14-5-2-3-6-16(14)12-24)27-19(26)15-7-4-8-17(11-15)20(21,22)23/h2-8,11,13H,9-10,12H2,1H3. The normalized spacial score (nSPS) is 15.0. The van der Waals surface area contributed by atoms with Crippen molar-refractivity contribution in [3.05, 3.63) is 70.8 Å². The molecule has 0 aromatic heterocycles. The Balaban J connectivity index is 1.66. The van der Waals surface area contributed by atoms with E-state index in [1.165, 1.54) is 18.6 Å². The Labute approximate surface area is 154 Å². The molecule has 1 aliphatic rings. The number of alkyl halides is 3. The number of ether oxygens (including phenoxy) is 1. The molecule has 7 heteroatoms. The minimum atomic E-state index is -4.56. The number of rotatable bonds is 3. The second-order valence-electron chi connectivity index (χ2n) is 6.40. The fraction of sp³-hybridized carbons (Fsp3) is 0.300. The van der Waals surface area contributed by atoms with E-state index in [1.54, 1.807) is 4.90 Å². The van der Waals surface area contributed by atoms with Crippen LogP contribution in [0, 0.1) is 0 Å². The summed E-state index contributed by atoms with van der Waals surface area (Å²) >= 11 is 0. The van der Waals surface area contributed by atoms with E-state index in [-0.39, 0.29) is 11.5 Å². The number of fused-ring (bicyclic) bond motifs is 1. The molecule has 4 nitrogen and oxygen atoms in total. The molecular formula is C20H18F3NO3. The van der Waals surface area contributed by atoms with Crippen LogP contribution in [0.5, 0.6) is 0 Å². The lowest BCUT2D eigenvalue weighted by Gasteiger charge is -2.30. The van der Waals surface area contributed by atoms with Crippen LogP contribution in [0.15, 0.2) is 48.5 Å². The lowest BCUT2D eigenvalue weighted by Crippen LogP contribution is -2.42. The van der Waals surface area contributed by atoms with Crippen LogP contribution in [-0.4, -0.2) is 29.4 Å². The van der Waals surface area contributed by atoms with Crippen LogP contribution in [0.4, 0.5) is 13.2 Å². The summed E-state index contributed by atoms with van der Waals surface area (Å²) in [5.74, 6) is -1.33. The maximum Gasteiger partial charge on any atom is 0.416 e. The number of carbonyl (C=O) groups is 2. The molecule has 0 radical (unpaired) electrons. The highest BCUT2D eigenvalue weighted by molar-refractivity contribution is 5.92. The summed E-state index contributed by atoms with van der Waals surface area (Å²) < 4.78 is 43.4. The molecule has 0 saturated carbocycles. The second kappa shape index (κ2) is 7.42. The van der Waals surface area contributed by atoms with Crippen LogP contribution < -0.4 is 0 Å². The molecule has 0 bridgehead atoms. The molecular weight excluding hydrogens is 359 g/mol. The van der Waals surface area contributed by atoms with Crippen molar-refractivity contribution in [1.82, 2.24) is 4.90 Å². The van der Waals surface area contributed by atoms with Gasteiger partial charge in [0.15, 0.2) is 6.10 Å². The minimum absolute atomic E-state index is 0.242. The average molecular weight is 377 g/mol. The molecule has 0 saturated heterocycles. The van der Waals surface area contributed by atoms with Crippen LogP contribution in [0.2, 0.25) is 0 Å². The SMILES string of the molecule is CC(OC(=O)c1cccc(C(F)(F)F)c1)C(=O)N1CCc2ccccc2C1. The monoisotopic (exact) mass is 377 g/mol. The van der Waals surface area contributed by atoms with Crippen molar-refractivity contribution < 1.29 is 27.5 Å². The molecule has 1 unspecified atom stereocenters. The van der Waals surface area contributed by atoms with Crippen molar-refractivity contribution in [3.8, 4) is 0 Å². The fourth-order valence-electron chi connectivity index (χ4n) is 3.04. The summed E-state index contributed by atoms with van der Waals surface area (Å²) in [6, 6.07) is 11.7. The summed E-state index contributed by atoms with van der Waals surface area (Å²) in [6.45, 7) is 2.34.